The van der Waals surface area contributed by atoms with E-state index < -0.39 is 34.4 Å². The second kappa shape index (κ2) is 12.6. The van der Waals surface area contributed by atoms with Gasteiger partial charge in [-0.3, -0.25) is 4.57 Å². The van der Waals surface area contributed by atoms with Crippen molar-refractivity contribution in [2.45, 2.75) is 37.3 Å². The average Bonchev–Trinajstić information content (AvgIpc) is 2.79. The van der Waals surface area contributed by atoms with E-state index in [-0.39, 0.29) is 24.6 Å². The first-order valence-corrected chi connectivity index (χ1v) is 11.9. The molecule has 0 fully saturated rings. The summed E-state index contributed by atoms with van der Waals surface area (Å²) in [5.41, 5.74) is -0.872. The summed E-state index contributed by atoms with van der Waals surface area (Å²) in [5.74, 6) is -0.852. The van der Waals surface area contributed by atoms with Gasteiger partial charge in [0.05, 0.1) is 6.54 Å². The number of benzene rings is 1. The smallest absolute Gasteiger partial charge is 0.354 e. The summed E-state index contributed by atoms with van der Waals surface area (Å²) < 4.78 is 26.6. The van der Waals surface area contributed by atoms with Crippen LogP contribution >= 0.6 is 34.2 Å². The molecule has 2 rings (SSSR count). The molecule has 1 aromatic heterocycles. The molecule has 0 spiro atoms. The topological polar surface area (TPSA) is 109 Å². The van der Waals surface area contributed by atoms with E-state index in [9.17, 15) is 28.6 Å². The third-order valence-corrected chi connectivity index (χ3v) is 5.86. The van der Waals surface area contributed by atoms with Crippen LogP contribution in [0.5, 0.6) is 0 Å². The second-order valence-electron chi connectivity index (χ2n) is 7.44. The van der Waals surface area contributed by atoms with Gasteiger partial charge in [0.15, 0.2) is 0 Å². The number of aromatic nitrogens is 3. The van der Waals surface area contributed by atoms with Gasteiger partial charge >= 0.3 is 15.3 Å². The third-order valence-electron chi connectivity index (χ3n) is 4.98. The Morgan fingerprint density at radius 1 is 1.24 bits per heavy atom. The quantitative estimate of drug-likeness (QED) is 0.205. The molecule has 0 aliphatic carbocycles. The SMILES string of the molecule is C/C=C(\C=C(/CC)Nc1nc(=O)n(CC(CO)CO)c(=O)n1Cc1ccc(Cl)cc1)C(F)(F)I. The van der Waals surface area contributed by atoms with Crippen LogP contribution in [0.3, 0.4) is 0 Å². The molecule has 0 unspecified atom stereocenters. The zero-order valence-electron chi connectivity index (χ0n) is 18.6. The minimum absolute atomic E-state index is 0.00441. The highest BCUT2D eigenvalue weighted by Gasteiger charge is 2.28. The van der Waals surface area contributed by atoms with Crippen LogP contribution in [0.2, 0.25) is 5.02 Å². The number of hydrogen-bond donors (Lipinski definition) is 3. The van der Waals surface area contributed by atoms with Gasteiger partial charge in [0.2, 0.25) is 5.95 Å². The van der Waals surface area contributed by atoms with Crippen LogP contribution < -0.4 is 16.7 Å². The lowest BCUT2D eigenvalue weighted by atomic mass is 10.2. The normalized spacial score (nSPS) is 13.0. The fraction of sp³-hybridized carbons (Fsp3) is 0.409. The minimum Gasteiger partial charge on any atom is -0.396 e. The lowest BCUT2D eigenvalue weighted by Gasteiger charge is -2.19. The van der Waals surface area contributed by atoms with Crippen molar-refractivity contribution in [3.8, 4) is 0 Å². The Morgan fingerprint density at radius 2 is 1.85 bits per heavy atom. The maximum absolute atomic E-state index is 13.9. The van der Waals surface area contributed by atoms with Gasteiger partial charge in [0, 0.05) is 64.6 Å². The van der Waals surface area contributed by atoms with Crippen molar-refractivity contribution in [2.75, 3.05) is 18.5 Å². The van der Waals surface area contributed by atoms with Crippen molar-refractivity contribution in [3.63, 3.8) is 0 Å². The minimum atomic E-state index is -3.11. The number of rotatable bonds is 11. The Hall–Kier alpha value is -2.09. The molecule has 1 heterocycles. The molecule has 34 heavy (non-hydrogen) atoms. The molecule has 0 bridgehead atoms. The third kappa shape index (κ3) is 7.45. The molecule has 0 atom stereocenters. The summed E-state index contributed by atoms with van der Waals surface area (Å²) in [5, 5.41) is 22.1. The number of hydrogen-bond acceptors (Lipinski definition) is 6. The molecule has 0 amide bonds. The number of anilines is 1. The van der Waals surface area contributed by atoms with E-state index >= 15 is 0 Å². The Kier molecular flexibility index (Phi) is 10.4. The number of halogens is 4. The van der Waals surface area contributed by atoms with Crippen LogP contribution in [0, 0.1) is 5.92 Å². The van der Waals surface area contributed by atoms with Gasteiger partial charge in [0.1, 0.15) is 0 Å². The van der Waals surface area contributed by atoms with E-state index in [1.54, 1.807) is 31.2 Å². The lowest BCUT2D eigenvalue weighted by Crippen LogP contribution is -2.44. The molecule has 1 aromatic carbocycles. The molecule has 8 nitrogen and oxygen atoms in total. The van der Waals surface area contributed by atoms with Crippen LogP contribution in [0.25, 0.3) is 0 Å². The number of alkyl halides is 3. The fourth-order valence-electron chi connectivity index (χ4n) is 3.01. The summed E-state index contributed by atoms with van der Waals surface area (Å²) >= 11 is 6.97. The zero-order chi connectivity index (χ0) is 25.5. The van der Waals surface area contributed by atoms with Gasteiger partial charge in [-0.2, -0.15) is 13.8 Å². The summed E-state index contributed by atoms with van der Waals surface area (Å²) in [4.78, 5) is 29.9. The van der Waals surface area contributed by atoms with Crippen molar-refractivity contribution in [1.29, 1.82) is 0 Å². The summed E-state index contributed by atoms with van der Waals surface area (Å²) in [6.07, 6.45) is 2.82. The lowest BCUT2D eigenvalue weighted by molar-refractivity contribution is 0.134. The van der Waals surface area contributed by atoms with Crippen molar-refractivity contribution in [3.05, 3.63) is 79.2 Å². The Morgan fingerprint density at radius 3 is 2.35 bits per heavy atom. The number of nitrogens with zero attached hydrogens (tertiary/aromatic N) is 3. The number of aliphatic hydroxyl groups is 2. The molecule has 12 heteroatoms. The van der Waals surface area contributed by atoms with E-state index in [0.717, 1.165) is 27.2 Å². The molecule has 0 saturated heterocycles. The average molecular weight is 611 g/mol. The van der Waals surface area contributed by atoms with Crippen LogP contribution in [-0.4, -0.2) is 41.5 Å². The standard InChI is InChI=1S/C22H26ClF2IN4O4/c1-3-16(22(24,25)26)9-18(4-2)27-19-28-20(33)30(11-15(12-31)13-32)21(34)29(19)10-14-5-7-17(23)8-6-14/h3,5-9,15,31-32H,4,10-13H2,1-2H3,(H,27,28,33)/b16-3+,18-9+. The molecule has 186 valence electrons. The van der Waals surface area contributed by atoms with E-state index in [1.807, 2.05) is 0 Å². The highest BCUT2D eigenvalue weighted by Crippen LogP contribution is 2.33. The second-order valence-corrected chi connectivity index (χ2v) is 9.24. The molecule has 0 aliphatic rings. The van der Waals surface area contributed by atoms with Crippen molar-refractivity contribution >= 4 is 40.1 Å². The molecule has 3 N–H and O–H groups in total. The first kappa shape index (κ1) is 28.1. The molecule has 0 radical (unpaired) electrons. The van der Waals surface area contributed by atoms with Crippen molar-refractivity contribution < 1.29 is 19.0 Å². The maximum Gasteiger partial charge on any atom is 0.354 e. The molecular formula is C22H26ClF2IN4O4. The van der Waals surface area contributed by atoms with Gasteiger partial charge in [-0.15, -0.1) is 0 Å². The fourth-order valence-corrected chi connectivity index (χ4v) is 3.61. The first-order chi connectivity index (χ1) is 16.0. The van der Waals surface area contributed by atoms with Crippen LogP contribution in [0.4, 0.5) is 14.7 Å². The highest BCUT2D eigenvalue weighted by molar-refractivity contribution is 14.1. The Balaban J connectivity index is 2.62. The van der Waals surface area contributed by atoms with Crippen LogP contribution in [0.15, 0.2) is 57.3 Å². The Bertz CT molecular complexity index is 1150. The van der Waals surface area contributed by atoms with Crippen LogP contribution in [-0.2, 0) is 13.1 Å². The largest absolute Gasteiger partial charge is 0.396 e. The van der Waals surface area contributed by atoms with Gasteiger partial charge in [0.25, 0.3) is 0 Å². The maximum atomic E-state index is 13.9. The summed E-state index contributed by atoms with van der Waals surface area (Å²) in [6, 6.07) is 6.68. The molecule has 0 aliphatic heterocycles. The van der Waals surface area contributed by atoms with Gasteiger partial charge < -0.3 is 15.5 Å². The van der Waals surface area contributed by atoms with Gasteiger partial charge in [-0.05, 0) is 37.1 Å². The zero-order valence-corrected chi connectivity index (χ0v) is 21.6. The predicted octanol–water partition coefficient (Wildman–Crippen LogP) is 3.39. The number of allylic oxidation sites excluding steroid dienone is 4. The van der Waals surface area contributed by atoms with E-state index in [2.05, 4.69) is 10.3 Å². The predicted molar refractivity (Wildman–Crippen MR) is 136 cm³/mol. The van der Waals surface area contributed by atoms with Crippen molar-refractivity contribution in [1.82, 2.24) is 14.1 Å². The van der Waals surface area contributed by atoms with Crippen LogP contribution in [0.1, 0.15) is 25.8 Å². The number of nitrogens with one attached hydrogen (secondary N) is 1. The molecule has 2 aromatic rings. The summed E-state index contributed by atoms with van der Waals surface area (Å²) in [7, 11) is 0. The van der Waals surface area contributed by atoms with Gasteiger partial charge in [-0.1, -0.05) is 36.7 Å². The molecule has 0 saturated carbocycles. The van der Waals surface area contributed by atoms with Gasteiger partial charge in [-0.25, -0.2) is 14.2 Å². The highest BCUT2D eigenvalue weighted by atomic mass is 127. The van der Waals surface area contributed by atoms with E-state index in [1.165, 1.54) is 23.6 Å². The molecular weight excluding hydrogens is 585 g/mol. The first-order valence-electron chi connectivity index (χ1n) is 10.4. The van der Waals surface area contributed by atoms with E-state index in [0.29, 0.717) is 22.7 Å². The summed E-state index contributed by atoms with van der Waals surface area (Å²) in [6.45, 7) is 2.12. The Labute approximate surface area is 213 Å². The van der Waals surface area contributed by atoms with E-state index in [4.69, 9.17) is 11.6 Å². The monoisotopic (exact) mass is 610 g/mol. The van der Waals surface area contributed by atoms with Crippen molar-refractivity contribution in [2.24, 2.45) is 5.92 Å². The number of aliphatic hydroxyl groups excluding tert-OH is 2.